The second-order valence-electron chi connectivity index (χ2n) is 3.16. The fraction of sp³-hybridized carbons (Fsp3) is 0.455. The lowest BCUT2D eigenvalue weighted by atomic mass is 10.0. The van der Waals surface area contributed by atoms with Gasteiger partial charge in [-0.2, -0.15) is 0 Å². The van der Waals surface area contributed by atoms with Crippen LogP contribution in [-0.4, -0.2) is 10.5 Å². The molecule has 0 heterocycles. The Hall–Kier alpha value is -0.603. The summed E-state index contributed by atoms with van der Waals surface area (Å²) in [7, 11) is 3.03. The Labute approximate surface area is 83.7 Å². The molecule has 0 atom stereocenters. The minimum Gasteiger partial charge on any atom is -0.414 e. The molecule has 0 unspecified atom stereocenters. The summed E-state index contributed by atoms with van der Waals surface area (Å²) < 4.78 is 4.95. The van der Waals surface area contributed by atoms with Gasteiger partial charge < -0.3 is 4.43 Å². The van der Waals surface area contributed by atoms with Crippen LogP contribution in [0, 0.1) is 0 Å². The van der Waals surface area contributed by atoms with Gasteiger partial charge in [-0.1, -0.05) is 37.6 Å². The molecule has 0 aliphatic carbocycles. The standard InChI is InChI=1S/C11H15OSi/c1-2-3-6-10-7-4-5-8-11(10)9-12-13/h4-5,7-8H,2-3,6,9H2,1H3. The zero-order valence-electron chi connectivity index (χ0n) is 8.05. The van der Waals surface area contributed by atoms with Crippen LogP contribution in [0.2, 0.25) is 0 Å². The molecule has 0 bridgehead atoms. The highest BCUT2D eigenvalue weighted by atomic mass is 28.2. The quantitative estimate of drug-likeness (QED) is 0.650. The van der Waals surface area contributed by atoms with Crippen molar-refractivity contribution in [2.75, 3.05) is 0 Å². The molecule has 0 amide bonds. The van der Waals surface area contributed by atoms with Crippen LogP contribution in [0.15, 0.2) is 24.3 Å². The predicted molar refractivity (Wildman–Crippen MR) is 55.6 cm³/mol. The average Bonchev–Trinajstić information content (AvgIpc) is 2.17. The number of hydrogen-bond donors (Lipinski definition) is 0. The van der Waals surface area contributed by atoms with Gasteiger partial charge in [-0.3, -0.25) is 0 Å². The van der Waals surface area contributed by atoms with Gasteiger partial charge in [-0.25, -0.2) is 0 Å². The Morgan fingerprint density at radius 2 is 1.92 bits per heavy atom. The minimum absolute atomic E-state index is 0.650. The van der Waals surface area contributed by atoms with E-state index in [0.717, 1.165) is 6.42 Å². The van der Waals surface area contributed by atoms with Crippen molar-refractivity contribution in [2.24, 2.45) is 0 Å². The van der Waals surface area contributed by atoms with E-state index in [2.05, 4.69) is 41.7 Å². The molecule has 0 N–H and O–H groups in total. The summed E-state index contributed by atoms with van der Waals surface area (Å²) in [5.74, 6) is 0. The highest BCUT2D eigenvalue weighted by Crippen LogP contribution is 2.12. The molecule has 1 nitrogen and oxygen atoms in total. The third-order valence-corrected chi connectivity index (χ3v) is 2.29. The summed E-state index contributed by atoms with van der Waals surface area (Å²) in [6.07, 6.45) is 3.64. The van der Waals surface area contributed by atoms with Crippen molar-refractivity contribution in [3.63, 3.8) is 0 Å². The van der Waals surface area contributed by atoms with E-state index in [4.69, 9.17) is 4.43 Å². The Balaban J connectivity index is 2.66. The van der Waals surface area contributed by atoms with E-state index in [1.165, 1.54) is 24.0 Å². The molecule has 0 aliphatic rings. The molecular weight excluding hydrogens is 176 g/mol. The fourth-order valence-corrected chi connectivity index (χ4v) is 1.54. The second kappa shape index (κ2) is 5.94. The van der Waals surface area contributed by atoms with E-state index >= 15 is 0 Å². The van der Waals surface area contributed by atoms with Gasteiger partial charge in [-0.05, 0) is 24.0 Å². The molecule has 0 fully saturated rings. The Kier molecular flexibility index (Phi) is 4.79. The van der Waals surface area contributed by atoms with Crippen molar-refractivity contribution in [1.82, 2.24) is 0 Å². The lowest BCUT2D eigenvalue weighted by Crippen LogP contribution is -1.96. The molecule has 0 aromatic heterocycles. The predicted octanol–water partition coefficient (Wildman–Crippen LogP) is 2.63. The van der Waals surface area contributed by atoms with E-state index in [0.29, 0.717) is 6.61 Å². The highest BCUT2D eigenvalue weighted by Gasteiger charge is 1.99. The van der Waals surface area contributed by atoms with E-state index in [9.17, 15) is 0 Å². The number of hydrogen-bond acceptors (Lipinski definition) is 1. The molecule has 1 rings (SSSR count). The summed E-state index contributed by atoms with van der Waals surface area (Å²) in [6.45, 7) is 2.86. The second-order valence-corrected chi connectivity index (χ2v) is 3.45. The number of aryl methyl sites for hydroxylation is 1. The molecule has 0 saturated heterocycles. The molecule has 1 aromatic carbocycles. The Morgan fingerprint density at radius 1 is 1.23 bits per heavy atom. The maximum absolute atomic E-state index is 4.95. The van der Waals surface area contributed by atoms with Crippen LogP contribution < -0.4 is 0 Å². The minimum atomic E-state index is 0.650. The molecule has 0 aliphatic heterocycles. The average molecular weight is 191 g/mol. The van der Waals surface area contributed by atoms with Gasteiger partial charge in [0.25, 0.3) is 0 Å². The zero-order chi connectivity index (χ0) is 9.52. The van der Waals surface area contributed by atoms with Crippen molar-refractivity contribution in [2.45, 2.75) is 32.8 Å². The number of benzene rings is 1. The van der Waals surface area contributed by atoms with Crippen LogP contribution in [0.1, 0.15) is 30.9 Å². The SMILES string of the molecule is CCCCc1ccccc1CO[Si]. The Bertz CT molecular complexity index is 248. The normalized spacial score (nSPS) is 10.3. The van der Waals surface area contributed by atoms with Gasteiger partial charge >= 0.3 is 0 Å². The van der Waals surface area contributed by atoms with Crippen molar-refractivity contribution >= 4 is 10.5 Å². The third kappa shape index (κ3) is 3.33. The highest BCUT2D eigenvalue weighted by molar-refractivity contribution is 5.97. The summed E-state index contributed by atoms with van der Waals surface area (Å²) in [4.78, 5) is 0. The topological polar surface area (TPSA) is 9.23 Å². The summed E-state index contributed by atoms with van der Waals surface area (Å²) in [5, 5.41) is 0. The lowest BCUT2D eigenvalue weighted by molar-refractivity contribution is 0.337. The van der Waals surface area contributed by atoms with Crippen LogP contribution in [0.25, 0.3) is 0 Å². The van der Waals surface area contributed by atoms with Crippen LogP contribution in [0.4, 0.5) is 0 Å². The largest absolute Gasteiger partial charge is 0.414 e. The van der Waals surface area contributed by atoms with Gasteiger partial charge in [0.15, 0.2) is 0 Å². The number of unbranched alkanes of at least 4 members (excludes halogenated alkanes) is 1. The maximum atomic E-state index is 4.95. The van der Waals surface area contributed by atoms with E-state index < -0.39 is 0 Å². The molecule has 69 valence electrons. The van der Waals surface area contributed by atoms with Crippen molar-refractivity contribution in [3.05, 3.63) is 35.4 Å². The van der Waals surface area contributed by atoms with Crippen LogP contribution in [0.3, 0.4) is 0 Å². The monoisotopic (exact) mass is 191 g/mol. The summed E-state index contributed by atoms with van der Waals surface area (Å²) >= 11 is 0. The van der Waals surface area contributed by atoms with Crippen molar-refractivity contribution in [1.29, 1.82) is 0 Å². The first-order chi connectivity index (χ1) is 6.38. The lowest BCUT2D eigenvalue weighted by Gasteiger charge is -2.07. The van der Waals surface area contributed by atoms with Gasteiger partial charge in [0.2, 0.25) is 10.5 Å². The first-order valence-corrected chi connectivity index (χ1v) is 5.14. The first kappa shape index (κ1) is 10.5. The van der Waals surface area contributed by atoms with Crippen molar-refractivity contribution in [3.8, 4) is 0 Å². The summed E-state index contributed by atoms with van der Waals surface area (Å²) in [6, 6.07) is 8.43. The van der Waals surface area contributed by atoms with Gasteiger partial charge in [0, 0.05) is 0 Å². The van der Waals surface area contributed by atoms with Crippen LogP contribution in [-0.2, 0) is 17.5 Å². The van der Waals surface area contributed by atoms with Gasteiger partial charge in [0.05, 0.1) is 6.61 Å². The third-order valence-electron chi connectivity index (χ3n) is 2.15. The molecule has 0 saturated carbocycles. The van der Waals surface area contributed by atoms with Crippen LogP contribution in [0.5, 0.6) is 0 Å². The smallest absolute Gasteiger partial charge is 0.246 e. The summed E-state index contributed by atoms with van der Waals surface area (Å²) in [5.41, 5.74) is 2.69. The molecule has 13 heavy (non-hydrogen) atoms. The number of rotatable bonds is 5. The van der Waals surface area contributed by atoms with Crippen LogP contribution >= 0.6 is 0 Å². The fourth-order valence-electron chi connectivity index (χ4n) is 1.39. The molecule has 1 aromatic rings. The molecular formula is C11H15OSi. The van der Waals surface area contributed by atoms with E-state index in [-0.39, 0.29) is 0 Å². The maximum Gasteiger partial charge on any atom is 0.246 e. The van der Waals surface area contributed by atoms with Gasteiger partial charge in [-0.15, -0.1) is 0 Å². The molecule has 3 radical (unpaired) electrons. The van der Waals surface area contributed by atoms with Crippen molar-refractivity contribution < 1.29 is 4.43 Å². The molecule has 0 spiro atoms. The molecule has 2 heteroatoms. The van der Waals surface area contributed by atoms with E-state index in [1.807, 2.05) is 0 Å². The first-order valence-electron chi connectivity index (χ1n) is 4.73. The van der Waals surface area contributed by atoms with E-state index in [1.54, 1.807) is 0 Å². The van der Waals surface area contributed by atoms with Gasteiger partial charge in [0.1, 0.15) is 0 Å². The Morgan fingerprint density at radius 3 is 2.54 bits per heavy atom. The zero-order valence-corrected chi connectivity index (χ0v) is 9.05.